The second kappa shape index (κ2) is 6.35. The molecule has 124 valence electrons. The highest BCUT2D eigenvalue weighted by atomic mass is 16.5. The lowest BCUT2D eigenvalue weighted by atomic mass is 10.1. The summed E-state index contributed by atoms with van der Waals surface area (Å²) in [5.74, 6) is 0.482. The van der Waals surface area contributed by atoms with E-state index in [-0.39, 0.29) is 5.91 Å². The fourth-order valence-corrected chi connectivity index (χ4v) is 2.97. The normalized spacial score (nSPS) is 10.8. The van der Waals surface area contributed by atoms with E-state index in [1.165, 1.54) is 0 Å². The first kappa shape index (κ1) is 16.1. The van der Waals surface area contributed by atoms with E-state index in [2.05, 4.69) is 16.4 Å². The Kier molecular flexibility index (Phi) is 4.25. The number of amides is 1. The van der Waals surface area contributed by atoms with Crippen LogP contribution in [-0.2, 0) is 6.42 Å². The van der Waals surface area contributed by atoms with Crippen LogP contribution in [0.5, 0.6) is 5.75 Å². The predicted octanol–water partition coefficient (Wildman–Crippen LogP) is 3.77. The maximum atomic E-state index is 12.9. The topological polar surface area (TPSA) is 55.6 Å². The largest absolute Gasteiger partial charge is 0.493 e. The molecule has 3 rings (SSSR count). The van der Waals surface area contributed by atoms with Gasteiger partial charge in [-0.15, -0.1) is 0 Å². The summed E-state index contributed by atoms with van der Waals surface area (Å²) < 4.78 is 7.14. The summed E-state index contributed by atoms with van der Waals surface area (Å²) in [7, 11) is 1.60. The number of aryl methyl sites for hydroxylation is 3. The van der Waals surface area contributed by atoms with Gasteiger partial charge in [0.25, 0.3) is 5.91 Å². The Morgan fingerprint density at radius 3 is 2.58 bits per heavy atom. The van der Waals surface area contributed by atoms with Crippen molar-refractivity contribution in [1.29, 1.82) is 0 Å². The minimum absolute atomic E-state index is 0.169. The lowest BCUT2D eigenvalue weighted by Gasteiger charge is -2.09. The molecule has 0 radical (unpaired) electrons. The molecule has 1 aromatic carbocycles. The van der Waals surface area contributed by atoms with Crippen molar-refractivity contribution in [3.8, 4) is 5.75 Å². The van der Waals surface area contributed by atoms with Crippen molar-refractivity contribution >= 4 is 17.2 Å². The molecule has 0 atom stereocenters. The molecule has 0 aliphatic carbocycles. The number of nitrogens with zero attached hydrogens (tertiary/aromatic N) is 2. The van der Waals surface area contributed by atoms with Crippen LogP contribution in [0.1, 0.15) is 34.2 Å². The Bertz CT molecular complexity index is 892. The first-order valence-corrected chi connectivity index (χ1v) is 7.97. The number of aromatic nitrogens is 2. The summed E-state index contributed by atoms with van der Waals surface area (Å²) in [6, 6.07) is 9.68. The van der Waals surface area contributed by atoms with Gasteiger partial charge in [0.05, 0.1) is 12.8 Å². The number of rotatable bonds is 4. The number of hydrogen-bond donors (Lipinski definition) is 1. The van der Waals surface area contributed by atoms with Gasteiger partial charge in [-0.05, 0) is 55.7 Å². The van der Waals surface area contributed by atoms with Crippen molar-refractivity contribution in [3.63, 3.8) is 0 Å². The molecular weight excluding hydrogens is 302 g/mol. The number of nitrogens with one attached hydrogen (secondary N) is 1. The fourth-order valence-electron chi connectivity index (χ4n) is 2.97. The summed E-state index contributed by atoms with van der Waals surface area (Å²) >= 11 is 0. The van der Waals surface area contributed by atoms with Crippen LogP contribution in [0.3, 0.4) is 0 Å². The van der Waals surface area contributed by atoms with E-state index < -0.39 is 0 Å². The number of pyridine rings is 1. The Morgan fingerprint density at radius 1 is 1.25 bits per heavy atom. The van der Waals surface area contributed by atoms with E-state index in [1.807, 2.05) is 51.2 Å². The van der Waals surface area contributed by atoms with Gasteiger partial charge < -0.3 is 10.1 Å². The van der Waals surface area contributed by atoms with Crippen molar-refractivity contribution in [2.24, 2.45) is 0 Å². The highest BCUT2D eigenvalue weighted by Crippen LogP contribution is 2.23. The number of hydrogen-bond acceptors (Lipinski definition) is 3. The molecular formula is C19H21N3O2. The molecule has 3 aromatic rings. The van der Waals surface area contributed by atoms with Gasteiger partial charge in [0.2, 0.25) is 0 Å². The van der Waals surface area contributed by atoms with Crippen molar-refractivity contribution in [2.45, 2.75) is 27.2 Å². The first-order chi connectivity index (χ1) is 11.5. The molecule has 24 heavy (non-hydrogen) atoms. The molecule has 0 aliphatic rings. The molecule has 0 aliphatic heterocycles. The smallest absolute Gasteiger partial charge is 0.274 e. The third-order valence-electron chi connectivity index (χ3n) is 3.94. The molecule has 5 heteroatoms. The molecule has 5 nitrogen and oxygen atoms in total. The number of carbonyl (C=O) groups excluding carboxylic acids is 1. The van der Waals surface area contributed by atoms with Gasteiger partial charge in [-0.25, -0.2) is 4.98 Å². The molecule has 0 unspecified atom stereocenters. The van der Waals surface area contributed by atoms with E-state index in [4.69, 9.17) is 4.74 Å². The summed E-state index contributed by atoms with van der Waals surface area (Å²) in [5.41, 5.74) is 4.97. The third kappa shape index (κ3) is 2.85. The Morgan fingerprint density at radius 2 is 1.96 bits per heavy atom. The fraction of sp³-hybridized carbons (Fsp3) is 0.263. The second-order valence-electron chi connectivity index (χ2n) is 5.86. The van der Waals surface area contributed by atoms with Gasteiger partial charge in [0.15, 0.2) is 11.4 Å². The van der Waals surface area contributed by atoms with Crippen LogP contribution < -0.4 is 10.1 Å². The Balaban J connectivity index is 2.06. The Hall–Kier alpha value is -2.82. The third-order valence-corrected chi connectivity index (χ3v) is 3.94. The van der Waals surface area contributed by atoms with Crippen LogP contribution in [-0.4, -0.2) is 22.4 Å². The molecule has 0 bridgehead atoms. The van der Waals surface area contributed by atoms with Crippen molar-refractivity contribution in [2.75, 3.05) is 12.4 Å². The maximum absolute atomic E-state index is 12.9. The highest BCUT2D eigenvalue weighted by molar-refractivity contribution is 6.04. The number of methoxy groups -OCH3 is 1. The monoisotopic (exact) mass is 323 g/mol. The van der Waals surface area contributed by atoms with Crippen LogP contribution in [0, 0.1) is 13.8 Å². The highest BCUT2D eigenvalue weighted by Gasteiger charge is 2.20. The second-order valence-corrected chi connectivity index (χ2v) is 5.86. The summed E-state index contributed by atoms with van der Waals surface area (Å²) in [4.78, 5) is 17.5. The van der Waals surface area contributed by atoms with E-state index in [0.717, 1.165) is 22.5 Å². The summed E-state index contributed by atoms with van der Waals surface area (Å²) in [5, 5.41) is 2.99. The maximum Gasteiger partial charge on any atom is 0.274 e. The van der Waals surface area contributed by atoms with Gasteiger partial charge in [0.1, 0.15) is 5.69 Å². The van der Waals surface area contributed by atoms with Gasteiger partial charge in [-0.2, -0.15) is 0 Å². The summed E-state index contributed by atoms with van der Waals surface area (Å²) in [6.07, 6.45) is 2.50. The van der Waals surface area contributed by atoms with Gasteiger partial charge in [0, 0.05) is 11.9 Å². The Labute approximate surface area is 141 Å². The molecule has 0 saturated carbocycles. The standard InChI is InChI=1S/C19H21N3O2/c1-5-15-17(22-8-6-7-16(24-4)18(22)21-15)19(23)20-14-10-12(2)9-13(3)11-14/h6-11H,5H2,1-4H3,(H,20,23). The zero-order chi connectivity index (χ0) is 17.3. The van der Waals surface area contributed by atoms with Crippen molar-refractivity contribution < 1.29 is 9.53 Å². The number of fused-ring (bicyclic) bond motifs is 1. The van der Waals surface area contributed by atoms with Gasteiger partial charge in [-0.3, -0.25) is 9.20 Å². The van der Waals surface area contributed by atoms with Crippen molar-refractivity contribution in [1.82, 2.24) is 9.38 Å². The van der Waals surface area contributed by atoms with Crippen LogP contribution in [0.15, 0.2) is 36.5 Å². The lowest BCUT2D eigenvalue weighted by molar-refractivity contribution is 0.102. The molecule has 2 heterocycles. The van der Waals surface area contributed by atoms with Crippen LogP contribution in [0.25, 0.3) is 5.65 Å². The molecule has 0 fully saturated rings. The van der Waals surface area contributed by atoms with Crippen LogP contribution in [0.4, 0.5) is 5.69 Å². The molecule has 0 saturated heterocycles. The number of imidazole rings is 1. The van der Waals surface area contributed by atoms with Crippen LogP contribution >= 0.6 is 0 Å². The van der Waals surface area contributed by atoms with E-state index >= 15 is 0 Å². The predicted molar refractivity (Wildman–Crippen MR) is 95.0 cm³/mol. The van der Waals surface area contributed by atoms with Crippen molar-refractivity contribution in [3.05, 3.63) is 59.0 Å². The average molecular weight is 323 g/mol. The number of anilines is 1. The van der Waals surface area contributed by atoms with Gasteiger partial charge in [-0.1, -0.05) is 13.0 Å². The number of benzene rings is 1. The first-order valence-electron chi connectivity index (χ1n) is 7.97. The molecule has 0 spiro atoms. The molecule has 1 N–H and O–H groups in total. The lowest BCUT2D eigenvalue weighted by Crippen LogP contribution is -2.16. The molecule has 1 amide bonds. The van der Waals surface area contributed by atoms with E-state index in [1.54, 1.807) is 11.5 Å². The number of ether oxygens (including phenoxy) is 1. The van der Waals surface area contributed by atoms with E-state index in [9.17, 15) is 4.79 Å². The zero-order valence-electron chi connectivity index (χ0n) is 14.4. The SMILES string of the molecule is CCc1nc2c(OC)cccn2c1C(=O)Nc1cc(C)cc(C)c1. The van der Waals surface area contributed by atoms with Gasteiger partial charge >= 0.3 is 0 Å². The quantitative estimate of drug-likeness (QED) is 0.795. The minimum atomic E-state index is -0.169. The average Bonchev–Trinajstić information content (AvgIpc) is 2.92. The number of carbonyl (C=O) groups is 1. The van der Waals surface area contributed by atoms with E-state index in [0.29, 0.717) is 23.5 Å². The zero-order valence-corrected chi connectivity index (χ0v) is 14.4. The van der Waals surface area contributed by atoms with Crippen LogP contribution in [0.2, 0.25) is 0 Å². The minimum Gasteiger partial charge on any atom is -0.493 e. The molecule has 2 aromatic heterocycles. The summed E-state index contributed by atoms with van der Waals surface area (Å²) in [6.45, 7) is 6.01.